The maximum absolute atomic E-state index is 12.0. The first kappa shape index (κ1) is 14.3. The quantitative estimate of drug-likeness (QED) is 0.933. The molecular weight excluding hydrogens is 278 g/mol. The van der Waals surface area contributed by atoms with Gasteiger partial charge in [-0.1, -0.05) is 16.8 Å². The van der Waals surface area contributed by atoms with Gasteiger partial charge in [-0.25, -0.2) is 0 Å². The Labute approximate surface area is 122 Å². The molecule has 1 N–H and O–H groups in total. The molecule has 1 aromatic carbocycles. The minimum absolute atomic E-state index is 0.124. The van der Waals surface area contributed by atoms with Crippen molar-refractivity contribution in [2.24, 2.45) is 7.05 Å². The fourth-order valence-corrected chi connectivity index (χ4v) is 1.90. The van der Waals surface area contributed by atoms with Crippen LogP contribution >= 0.6 is 11.6 Å². The molecule has 0 saturated heterocycles. The maximum atomic E-state index is 12.0. The third-order valence-electron chi connectivity index (χ3n) is 2.88. The van der Waals surface area contributed by atoms with Gasteiger partial charge in [0, 0.05) is 26.8 Å². The van der Waals surface area contributed by atoms with Gasteiger partial charge in [0.05, 0.1) is 29.0 Å². The van der Waals surface area contributed by atoms with Crippen LogP contribution in [0.2, 0.25) is 5.02 Å². The molecule has 2 rings (SSSR count). The van der Waals surface area contributed by atoms with Gasteiger partial charge in [0.25, 0.3) is 5.91 Å². The number of anilines is 1. The summed E-state index contributed by atoms with van der Waals surface area (Å²) >= 11 is 6.06. The molecule has 0 unspecified atom stereocenters. The molecule has 1 heterocycles. The molecule has 1 aromatic heterocycles. The number of rotatable bonds is 4. The first-order chi connectivity index (χ1) is 9.49. The van der Waals surface area contributed by atoms with Gasteiger partial charge in [-0.2, -0.15) is 0 Å². The summed E-state index contributed by atoms with van der Waals surface area (Å²) in [5.41, 5.74) is 2.24. The Morgan fingerprint density at radius 1 is 1.45 bits per heavy atom. The highest BCUT2D eigenvalue weighted by atomic mass is 35.5. The smallest absolute Gasteiger partial charge is 0.254 e. The fraction of sp³-hybridized carbons (Fsp3) is 0.308. The average molecular weight is 294 g/mol. The Balaban J connectivity index is 2.15. The highest BCUT2D eigenvalue weighted by Crippen LogP contribution is 2.22. The molecular formula is C13H16ClN5O. The van der Waals surface area contributed by atoms with E-state index in [0.29, 0.717) is 17.1 Å². The van der Waals surface area contributed by atoms with Crippen molar-refractivity contribution in [1.82, 2.24) is 19.9 Å². The van der Waals surface area contributed by atoms with E-state index in [1.54, 1.807) is 37.1 Å². The molecule has 0 saturated carbocycles. The van der Waals surface area contributed by atoms with Crippen LogP contribution < -0.4 is 5.32 Å². The third kappa shape index (κ3) is 3.08. The number of halogens is 1. The maximum Gasteiger partial charge on any atom is 0.254 e. The molecule has 7 heteroatoms. The predicted octanol–water partition coefficient (Wildman–Crippen LogP) is 1.78. The van der Waals surface area contributed by atoms with Crippen LogP contribution in [0.3, 0.4) is 0 Å². The molecule has 20 heavy (non-hydrogen) atoms. The fourth-order valence-electron chi connectivity index (χ4n) is 1.70. The molecule has 0 atom stereocenters. The third-order valence-corrected chi connectivity index (χ3v) is 3.21. The van der Waals surface area contributed by atoms with Crippen molar-refractivity contribution < 1.29 is 4.79 Å². The number of benzene rings is 1. The number of amides is 1. The van der Waals surface area contributed by atoms with E-state index in [-0.39, 0.29) is 5.91 Å². The minimum Gasteiger partial charge on any atom is -0.379 e. The number of carbonyl (C=O) groups excluding carboxylic acids is 1. The summed E-state index contributed by atoms with van der Waals surface area (Å²) in [5, 5.41) is 11.3. The van der Waals surface area contributed by atoms with Gasteiger partial charge in [-0.05, 0) is 18.2 Å². The van der Waals surface area contributed by atoms with E-state index in [9.17, 15) is 4.79 Å². The van der Waals surface area contributed by atoms with Crippen molar-refractivity contribution in [1.29, 1.82) is 0 Å². The van der Waals surface area contributed by atoms with Crippen LogP contribution in [-0.4, -0.2) is 39.9 Å². The van der Waals surface area contributed by atoms with Crippen molar-refractivity contribution in [2.75, 3.05) is 19.4 Å². The second kappa shape index (κ2) is 5.92. The molecule has 0 bridgehead atoms. The van der Waals surface area contributed by atoms with Gasteiger partial charge >= 0.3 is 0 Å². The highest BCUT2D eigenvalue weighted by molar-refractivity contribution is 6.34. The van der Waals surface area contributed by atoms with Crippen molar-refractivity contribution in [3.05, 3.63) is 40.7 Å². The topological polar surface area (TPSA) is 63.1 Å². The molecule has 0 fully saturated rings. The molecule has 106 valence electrons. The standard InChI is InChI=1S/C13H16ClN5O/c1-18(2)13(20)11-6-9(4-5-12(11)14)15-7-10-8-16-17-19(10)3/h4-6,8,15H,7H2,1-3H3. The zero-order valence-corrected chi connectivity index (χ0v) is 12.3. The van der Waals surface area contributed by atoms with Gasteiger partial charge in [-0.3, -0.25) is 9.48 Å². The van der Waals surface area contributed by atoms with Crippen LogP contribution in [0.25, 0.3) is 0 Å². The summed E-state index contributed by atoms with van der Waals surface area (Å²) in [6.07, 6.45) is 1.69. The summed E-state index contributed by atoms with van der Waals surface area (Å²) in [4.78, 5) is 13.5. The average Bonchev–Trinajstić information content (AvgIpc) is 2.82. The summed E-state index contributed by atoms with van der Waals surface area (Å²) < 4.78 is 1.69. The normalized spacial score (nSPS) is 10.4. The van der Waals surface area contributed by atoms with Gasteiger partial charge in [0.1, 0.15) is 0 Å². The van der Waals surface area contributed by atoms with Crippen molar-refractivity contribution in [3.8, 4) is 0 Å². The Hall–Kier alpha value is -2.08. The Morgan fingerprint density at radius 3 is 2.80 bits per heavy atom. The molecule has 0 radical (unpaired) electrons. The molecule has 1 amide bonds. The van der Waals surface area contributed by atoms with E-state index in [1.165, 1.54) is 4.90 Å². The molecule has 0 aliphatic heterocycles. The predicted molar refractivity (Wildman–Crippen MR) is 77.8 cm³/mol. The number of hydrogen-bond donors (Lipinski definition) is 1. The number of aryl methyl sites for hydroxylation is 1. The first-order valence-corrected chi connectivity index (χ1v) is 6.45. The second-order valence-corrected chi connectivity index (χ2v) is 5.00. The lowest BCUT2D eigenvalue weighted by molar-refractivity contribution is 0.0828. The number of nitrogens with zero attached hydrogens (tertiary/aromatic N) is 4. The van der Waals surface area contributed by atoms with Crippen LogP contribution in [0.4, 0.5) is 5.69 Å². The summed E-state index contributed by atoms with van der Waals surface area (Å²) in [6, 6.07) is 5.29. The summed E-state index contributed by atoms with van der Waals surface area (Å²) in [6.45, 7) is 0.570. The zero-order chi connectivity index (χ0) is 14.7. The van der Waals surface area contributed by atoms with Gasteiger partial charge < -0.3 is 10.2 Å². The van der Waals surface area contributed by atoms with Crippen LogP contribution in [0.15, 0.2) is 24.4 Å². The lowest BCUT2D eigenvalue weighted by Gasteiger charge is -2.13. The largest absolute Gasteiger partial charge is 0.379 e. The SMILES string of the molecule is CN(C)C(=O)c1cc(NCc2cnnn2C)ccc1Cl. The van der Waals surface area contributed by atoms with Crippen molar-refractivity contribution in [2.45, 2.75) is 6.54 Å². The number of aromatic nitrogens is 3. The van der Waals surface area contributed by atoms with E-state index in [1.807, 2.05) is 13.1 Å². The van der Waals surface area contributed by atoms with Crippen molar-refractivity contribution >= 4 is 23.2 Å². The van der Waals surface area contributed by atoms with E-state index >= 15 is 0 Å². The van der Waals surface area contributed by atoms with Crippen LogP contribution in [0.1, 0.15) is 16.1 Å². The summed E-state index contributed by atoms with van der Waals surface area (Å²) in [7, 11) is 5.22. The van der Waals surface area contributed by atoms with E-state index in [2.05, 4.69) is 15.6 Å². The summed E-state index contributed by atoms with van der Waals surface area (Å²) in [5.74, 6) is -0.124. The van der Waals surface area contributed by atoms with Crippen LogP contribution in [0, 0.1) is 0 Å². The molecule has 0 aliphatic rings. The van der Waals surface area contributed by atoms with Crippen molar-refractivity contribution in [3.63, 3.8) is 0 Å². The van der Waals surface area contributed by atoms with Crippen LogP contribution in [0.5, 0.6) is 0 Å². The number of carbonyl (C=O) groups is 1. The molecule has 0 spiro atoms. The monoisotopic (exact) mass is 293 g/mol. The van der Waals surface area contributed by atoms with Crippen LogP contribution in [-0.2, 0) is 13.6 Å². The molecule has 6 nitrogen and oxygen atoms in total. The minimum atomic E-state index is -0.124. The van der Waals surface area contributed by atoms with Gasteiger partial charge in [-0.15, -0.1) is 5.10 Å². The highest BCUT2D eigenvalue weighted by Gasteiger charge is 2.13. The second-order valence-electron chi connectivity index (χ2n) is 4.60. The van der Waals surface area contributed by atoms with E-state index in [0.717, 1.165) is 11.4 Å². The lowest BCUT2D eigenvalue weighted by Crippen LogP contribution is -2.22. The Kier molecular flexibility index (Phi) is 4.24. The number of hydrogen-bond acceptors (Lipinski definition) is 4. The van der Waals surface area contributed by atoms with Gasteiger partial charge in [0.2, 0.25) is 0 Å². The first-order valence-electron chi connectivity index (χ1n) is 6.07. The van der Waals surface area contributed by atoms with E-state index in [4.69, 9.17) is 11.6 Å². The molecule has 2 aromatic rings. The Bertz CT molecular complexity index is 623. The van der Waals surface area contributed by atoms with Gasteiger partial charge in [0.15, 0.2) is 0 Å². The van der Waals surface area contributed by atoms with E-state index < -0.39 is 0 Å². The molecule has 0 aliphatic carbocycles. The lowest BCUT2D eigenvalue weighted by atomic mass is 10.1. The number of nitrogens with one attached hydrogen (secondary N) is 1. The zero-order valence-electron chi connectivity index (χ0n) is 11.6. The Morgan fingerprint density at radius 2 is 2.20 bits per heavy atom.